The topological polar surface area (TPSA) is 69.3 Å². The number of hydrogen-bond acceptors (Lipinski definition) is 6. The molecule has 32 heavy (non-hydrogen) atoms. The predicted molar refractivity (Wildman–Crippen MR) is 133 cm³/mol. The third kappa shape index (κ3) is 6.08. The molecule has 0 amide bonds. The summed E-state index contributed by atoms with van der Waals surface area (Å²) in [6, 6.07) is 18.0. The second kappa shape index (κ2) is 11.6. The highest BCUT2D eigenvalue weighted by Crippen LogP contribution is 2.32. The number of nitrogens with one attached hydrogen (secondary N) is 1. The van der Waals surface area contributed by atoms with Crippen LogP contribution in [0.3, 0.4) is 0 Å². The molecule has 4 rings (SSSR count). The van der Waals surface area contributed by atoms with Gasteiger partial charge in [-0.3, -0.25) is 9.48 Å². The first-order valence-electron chi connectivity index (χ1n) is 10.1. The van der Waals surface area contributed by atoms with Crippen LogP contribution < -0.4 is 5.32 Å². The van der Waals surface area contributed by atoms with Crippen molar-refractivity contribution in [3.63, 3.8) is 0 Å². The van der Waals surface area contributed by atoms with Gasteiger partial charge in [0.15, 0.2) is 0 Å². The Labute approximate surface area is 196 Å². The minimum Gasteiger partial charge on any atom is -0.467 e. The van der Waals surface area contributed by atoms with Crippen LogP contribution in [0.5, 0.6) is 0 Å². The summed E-state index contributed by atoms with van der Waals surface area (Å²) >= 11 is 7.99. The largest absolute Gasteiger partial charge is 0.467 e. The van der Waals surface area contributed by atoms with Gasteiger partial charge >= 0.3 is 0 Å². The van der Waals surface area contributed by atoms with Crippen molar-refractivity contribution in [3.8, 4) is 11.3 Å². The molecule has 6 nitrogen and oxygen atoms in total. The van der Waals surface area contributed by atoms with Crippen LogP contribution >= 0.6 is 23.4 Å². The highest BCUT2D eigenvalue weighted by molar-refractivity contribution is 7.98. The van der Waals surface area contributed by atoms with Crippen LogP contribution in [0.25, 0.3) is 22.3 Å². The van der Waals surface area contributed by atoms with E-state index in [9.17, 15) is 4.79 Å². The predicted octanol–water partition coefficient (Wildman–Crippen LogP) is 5.87. The van der Waals surface area contributed by atoms with E-state index >= 15 is 0 Å². The molecule has 4 aromatic rings. The van der Waals surface area contributed by atoms with Crippen molar-refractivity contribution < 1.29 is 13.9 Å². The number of carbonyl (C=O) groups excluding carboxylic acids is 1. The lowest BCUT2D eigenvalue weighted by Crippen LogP contribution is -2.04. The Kier molecular flexibility index (Phi) is 8.64. The van der Waals surface area contributed by atoms with Crippen molar-refractivity contribution in [1.29, 1.82) is 0 Å². The van der Waals surface area contributed by atoms with Crippen LogP contribution in [0.2, 0.25) is 5.02 Å². The number of aryl methyl sites for hydroxylation is 1. The van der Waals surface area contributed by atoms with E-state index in [0.717, 1.165) is 45.1 Å². The van der Waals surface area contributed by atoms with Crippen LogP contribution in [0.15, 0.2) is 59.0 Å². The average molecular weight is 472 g/mol. The Balaban J connectivity index is 0.000000360. The molecule has 8 heteroatoms. The third-order valence-electron chi connectivity index (χ3n) is 4.75. The van der Waals surface area contributed by atoms with Crippen molar-refractivity contribution in [2.24, 2.45) is 0 Å². The molecule has 0 aliphatic rings. The Bertz CT molecular complexity index is 1160. The monoisotopic (exact) mass is 471 g/mol. The number of halogens is 1. The molecule has 168 valence electrons. The molecular weight excluding hydrogens is 446 g/mol. The number of aromatic nitrogens is 2. The molecule has 2 aromatic carbocycles. The second-order valence-corrected chi connectivity index (χ2v) is 8.42. The number of hydrogen-bond donors (Lipinski definition) is 1. The lowest BCUT2D eigenvalue weighted by molar-refractivity contribution is -0.128. The molecule has 2 heterocycles. The molecule has 0 saturated heterocycles. The first kappa shape index (κ1) is 23.8. The number of carbonyl (C=O) groups is 1. The van der Waals surface area contributed by atoms with Crippen molar-refractivity contribution in [1.82, 2.24) is 9.78 Å². The summed E-state index contributed by atoms with van der Waals surface area (Å²) < 4.78 is 12.5. The van der Waals surface area contributed by atoms with Crippen molar-refractivity contribution in [3.05, 3.63) is 70.9 Å². The normalized spacial score (nSPS) is 10.5. The molecule has 0 saturated carbocycles. The smallest absolute Gasteiger partial charge is 0.293 e. The van der Waals surface area contributed by atoms with Crippen LogP contribution in [-0.4, -0.2) is 41.9 Å². The molecule has 0 aliphatic carbocycles. The van der Waals surface area contributed by atoms with Gasteiger partial charge in [-0.15, -0.1) is 0 Å². The van der Waals surface area contributed by atoms with Gasteiger partial charge in [-0.25, -0.2) is 0 Å². The summed E-state index contributed by atoms with van der Waals surface area (Å²) in [4.78, 5) is 9.45. The van der Waals surface area contributed by atoms with Gasteiger partial charge in [-0.05, 0) is 31.4 Å². The maximum atomic E-state index is 9.45. The van der Waals surface area contributed by atoms with E-state index in [-0.39, 0.29) is 0 Å². The zero-order valence-corrected chi connectivity index (χ0v) is 19.9. The van der Waals surface area contributed by atoms with E-state index in [1.807, 2.05) is 79.5 Å². The summed E-state index contributed by atoms with van der Waals surface area (Å²) in [6.45, 7) is 3.64. The number of thioether (sulfide) groups is 1. The zero-order chi connectivity index (χ0) is 22.9. The molecule has 0 fully saturated rings. The fourth-order valence-corrected chi connectivity index (χ4v) is 3.69. The van der Waals surface area contributed by atoms with Crippen LogP contribution in [-0.2, 0) is 16.1 Å². The maximum Gasteiger partial charge on any atom is 0.293 e. The quantitative estimate of drug-likeness (QED) is 0.256. The van der Waals surface area contributed by atoms with Crippen molar-refractivity contribution in [2.75, 3.05) is 31.0 Å². The fraction of sp³-hybridized carbons (Fsp3) is 0.250. The minimum atomic E-state index is 0.468. The van der Waals surface area contributed by atoms with Crippen LogP contribution in [0.1, 0.15) is 11.3 Å². The number of anilines is 1. The zero-order valence-electron chi connectivity index (χ0n) is 18.3. The molecule has 0 unspecified atom stereocenters. The number of ether oxygens (including phenoxy) is 1. The third-order valence-corrected chi connectivity index (χ3v) is 5.54. The first-order chi connectivity index (χ1) is 15.5. The van der Waals surface area contributed by atoms with Gasteiger partial charge < -0.3 is 14.5 Å². The molecule has 0 radical (unpaired) electrons. The summed E-state index contributed by atoms with van der Waals surface area (Å²) in [6.07, 6.45) is 1.97. The van der Waals surface area contributed by atoms with Crippen LogP contribution in [0.4, 0.5) is 5.82 Å². The number of benzene rings is 2. The number of nitrogens with zero attached hydrogens (tertiary/aromatic N) is 2. The van der Waals surface area contributed by atoms with E-state index in [1.165, 1.54) is 0 Å². The highest BCUT2D eigenvalue weighted by Gasteiger charge is 2.13. The molecule has 0 aliphatic heterocycles. The van der Waals surface area contributed by atoms with Gasteiger partial charge in [-0.2, -0.15) is 16.9 Å². The average Bonchev–Trinajstić information content (AvgIpc) is 3.38. The summed E-state index contributed by atoms with van der Waals surface area (Å²) in [5.41, 5.74) is 3.99. The van der Waals surface area contributed by atoms with Gasteiger partial charge in [0.25, 0.3) is 6.47 Å². The molecule has 0 spiro atoms. The second-order valence-electron chi connectivity index (χ2n) is 7.00. The number of rotatable bonds is 8. The lowest BCUT2D eigenvalue weighted by atomic mass is 10.1. The van der Waals surface area contributed by atoms with E-state index in [0.29, 0.717) is 24.6 Å². The molecule has 0 bridgehead atoms. The molecule has 0 atom stereocenters. The standard InChI is InChI=1S/C20H18ClN3O.C4H8O2S/c1-13-8-19(22-2)23-24(13)12-16-10-17(21)9-15-11-18(25-20(15)16)14-6-4-3-5-7-14;1-7-3-2-6-4-5/h3-11H,12H2,1-2H3,(H,22,23);4H,2-3H2,1H3. The lowest BCUT2D eigenvalue weighted by Gasteiger charge is -2.06. The van der Waals surface area contributed by atoms with Gasteiger partial charge in [0.1, 0.15) is 23.8 Å². The number of fused-ring (bicyclic) bond motifs is 1. The van der Waals surface area contributed by atoms with Gasteiger partial charge in [0.05, 0.1) is 6.54 Å². The first-order valence-corrected chi connectivity index (χ1v) is 11.9. The van der Waals surface area contributed by atoms with Gasteiger partial charge in [0, 0.05) is 46.1 Å². The Hall–Kier alpha value is -2.90. The highest BCUT2D eigenvalue weighted by atomic mass is 35.5. The number of furan rings is 1. The SMILES string of the molecule is CNc1cc(C)n(Cc2cc(Cl)cc3cc(-c4ccccc4)oc23)n1.CSCCOC=O. The molecule has 2 aromatic heterocycles. The maximum absolute atomic E-state index is 9.45. The van der Waals surface area contributed by atoms with Gasteiger partial charge in [0.2, 0.25) is 0 Å². The van der Waals surface area contributed by atoms with Crippen molar-refractivity contribution >= 4 is 46.6 Å². The van der Waals surface area contributed by atoms with E-state index < -0.39 is 0 Å². The summed E-state index contributed by atoms with van der Waals surface area (Å²) in [5.74, 6) is 2.58. The van der Waals surface area contributed by atoms with E-state index in [4.69, 9.17) is 16.0 Å². The Morgan fingerprint density at radius 1 is 1.22 bits per heavy atom. The molecular formula is C24H26ClN3O3S. The minimum absolute atomic E-state index is 0.468. The summed E-state index contributed by atoms with van der Waals surface area (Å²) in [5, 5.41) is 9.31. The molecule has 1 N–H and O–H groups in total. The van der Waals surface area contributed by atoms with E-state index in [2.05, 4.69) is 15.2 Å². The Morgan fingerprint density at radius 3 is 2.66 bits per heavy atom. The van der Waals surface area contributed by atoms with Crippen molar-refractivity contribution in [2.45, 2.75) is 13.5 Å². The van der Waals surface area contributed by atoms with Crippen LogP contribution in [0, 0.1) is 6.92 Å². The van der Waals surface area contributed by atoms with E-state index in [1.54, 1.807) is 11.8 Å². The fourth-order valence-electron chi connectivity index (χ4n) is 3.18. The van der Waals surface area contributed by atoms with Gasteiger partial charge in [-0.1, -0.05) is 41.9 Å². The summed E-state index contributed by atoms with van der Waals surface area (Å²) in [7, 11) is 1.86. The Morgan fingerprint density at radius 2 is 2.00 bits per heavy atom.